The van der Waals surface area contributed by atoms with Crippen molar-refractivity contribution in [3.05, 3.63) is 16.5 Å². The summed E-state index contributed by atoms with van der Waals surface area (Å²) in [5.41, 5.74) is 0.156. The molecule has 1 amide bonds. The highest BCUT2D eigenvalue weighted by atomic mass is 35.5. The third kappa shape index (κ3) is 3.68. The number of hydrogen-bond acceptors (Lipinski definition) is 6. The van der Waals surface area contributed by atoms with Gasteiger partial charge in [0.1, 0.15) is 22.8 Å². The van der Waals surface area contributed by atoms with Crippen LogP contribution in [0.5, 0.6) is 0 Å². The van der Waals surface area contributed by atoms with Crippen molar-refractivity contribution in [3.63, 3.8) is 0 Å². The molecule has 1 aliphatic rings. The second kappa shape index (κ2) is 6.82. The van der Waals surface area contributed by atoms with Crippen LogP contribution in [0.3, 0.4) is 0 Å². The fourth-order valence-corrected chi connectivity index (χ4v) is 2.34. The first-order valence-corrected chi connectivity index (χ1v) is 7.03. The molecular weight excluding hydrogens is 296 g/mol. The fourth-order valence-electron chi connectivity index (χ4n) is 2.09. The van der Waals surface area contributed by atoms with Gasteiger partial charge >= 0.3 is 0 Å². The van der Waals surface area contributed by atoms with Gasteiger partial charge in [-0.2, -0.15) is 0 Å². The molecule has 1 aliphatic heterocycles. The van der Waals surface area contributed by atoms with Gasteiger partial charge in [-0.1, -0.05) is 11.6 Å². The van der Waals surface area contributed by atoms with E-state index in [-0.39, 0.29) is 22.4 Å². The molecule has 0 radical (unpaired) electrons. The highest BCUT2D eigenvalue weighted by molar-refractivity contribution is 6.32. The summed E-state index contributed by atoms with van der Waals surface area (Å²) in [7, 11) is 0. The molecule has 1 aromatic heterocycles. The van der Waals surface area contributed by atoms with E-state index in [0.29, 0.717) is 38.4 Å². The Morgan fingerprint density at radius 3 is 2.71 bits per heavy atom. The van der Waals surface area contributed by atoms with E-state index in [1.54, 1.807) is 18.7 Å². The summed E-state index contributed by atoms with van der Waals surface area (Å²) in [6.45, 7) is 5.59. The Kier molecular flexibility index (Phi) is 5.08. The van der Waals surface area contributed by atoms with Gasteiger partial charge in [0, 0.05) is 13.1 Å². The van der Waals surface area contributed by atoms with Crippen molar-refractivity contribution in [2.75, 3.05) is 31.6 Å². The molecule has 1 atom stereocenters. The van der Waals surface area contributed by atoms with E-state index in [0.717, 1.165) is 0 Å². The van der Waals surface area contributed by atoms with Gasteiger partial charge in [0.05, 0.1) is 18.8 Å². The van der Waals surface area contributed by atoms with Gasteiger partial charge in [0.2, 0.25) is 5.91 Å². The number of anilines is 1. The predicted octanol–water partition coefficient (Wildman–Crippen LogP) is 0.910. The predicted molar refractivity (Wildman–Crippen MR) is 77.7 cm³/mol. The number of aryl methyl sites for hydroxylation is 1. The lowest BCUT2D eigenvalue weighted by atomic mass is 10.2. The number of hydrogen-bond donors (Lipinski definition) is 1. The number of carbonyl (C=O) groups is 2. The smallest absolute Gasteiger partial charge is 0.244 e. The fraction of sp³-hybridized carbons (Fsp3) is 0.538. The van der Waals surface area contributed by atoms with Crippen molar-refractivity contribution in [1.82, 2.24) is 14.9 Å². The van der Waals surface area contributed by atoms with E-state index in [2.05, 4.69) is 15.3 Å². The van der Waals surface area contributed by atoms with E-state index in [4.69, 9.17) is 16.3 Å². The highest BCUT2D eigenvalue weighted by Gasteiger charge is 2.24. The SMILES string of the molecule is Cc1nc(Cl)c(C=O)c(NC(C)C(=O)N2CCOCC2)n1. The molecule has 8 heteroatoms. The van der Waals surface area contributed by atoms with Crippen LogP contribution >= 0.6 is 11.6 Å². The van der Waals surface area contributed by atoms with Gasteiger partial charge in [0.25, 0.3) is 0 Å². The van der Waals surface area contributed by atoms with Crippen LogP contribution in [-0.2, 0) is 9.53 Å². The van der Waals surface area contributed by atoms with Crippen molar-refractivity contribution in [3.8, 4) is 0 Å². The van der Waals surface area contributed by atoms with Gasteiger partial charge in [-0.3, -0.25) is 9.59 Å². The average Bonchev–Trinajstić information content (AvgIpc) is 2.47. The van der Waals surface area contributed by atoms with Crippen LogP contribution in [0.15, 0.2) is 0 Å². The molecular formula is C13H17ClN4O3. The molecule has 1 aromatic rings. The van der Waals surface area contributed by atoms with Crippen LogP contribution in [0, 0.1) is 6.92 Å². The van der Waals surface area contributed by atoms with Gasteiger partial charge in [-0.25, -0.2) is 9.97 Å². The summed E-state index contributed by atoms with van der Waals surface area (Å²) in [6, 6.07) is -0.521. The van der Waals surface area contributed by atoms with Crippen LogP contribution in [0.2, 0.25) is 5.15 Å². The number of amides is 1. The Morgan fingerprint density at radius 1 is 1.43 bits per heavy atom. The number of halogens is 1. The minimum atomic E-state index is -0.521. The lowest BCUT2D eigenvalue weighted by Gasteiger charge is -2.29. The first-order valence-electron chi connectivity index (χ1n) is 6.65. The minimum absolute atomic E-state index is 0.0671. The Bertz CT molecular complexity index is 546. The maximum absolute atomic E-state index is 12.3. The molecule has 0 aromatic carbocycles. The van der Waals surface area contributed by atoms with Crippen molar-refractivity contribution in [1.29, 1.82) is 0 Å². The quantitative estimate of drug-likeness (QED) is 0.657. The zero-order valence-electron chi connectivity index (χ0n) is 11.9. The summed E-state index contributed by atoms with van der Waals surface area (Å²) >= 11 is 5.91. The molecule has 0 spiro atoms. The van der Waals surface area contributed by atoms with Gasteiger partial charge in [-0.15, -0.1) is 0 Å². The maximum atomic E-state index is 12.3. The number of ether oxygens (including phenoxy) is 1. The number of aromatic nitrogens is 2. The number of carbonyl (C=O) groups excluding carboxylic acids is 2. The second-order valence-corrected chi connectivity index (χ2v) is 5.10. The Labute approximate surface area is 127 Å². The zero-order chi connectivity index (χ0) is 15.4. The van der Waals surface area contributed by atoms with Gasteiger partial charge in [-0.05, 0) is 13.8 Å². The summed E-state index contributed by atoms with van der Waals surface area (Å²) in [5, 5.41) is 3.02. The maximum Gasteiger partial charge on any atom is 0.244 e. The third-order valence-electron chi connectivity index (χ3n) is 3.18. The van der Waals surface area contributed by atoms with E-state index in [1.807, 2.05) is 0 Å². The Hall–Kier alpha value is -1.73. The summed E-state index contributed by atoms with van der Waals surface area (Å²) < 4.78 is 5.22. The van der Waals surface area contributed by atoms with Gasteiger partial charge < -0.3 is 15.0 Å². The van der Waals surface area contributed by atoms with Crippen molar-refractivity contribution in [2.45, 2.75) is 19.9 Å². The lowest BCUT2D eigenvalue weighted by molar-refractivity contribution is -0.135. The number of rotatable bonds is 4. The number of nitrogens with one attached hydrogen (secondary N) is 1. The summed E-state index contributed by atoms with van der Waals surface area (Å²) in [6.07, 6.45) is 0.579. The summed E-state index contributed by atoms with van der Waals surface area (Å²) in [5.74, 6) is 0.637. The molecule has 7 nitrogen and oxygen atoms in total. The van der Waals surface area contributed by atoms with Crippen LogP contribution in [0.4, 0.5) is 5.82 Å². The molecule has 1 fully saturated rings. The minimum Gasteiger partial charge on any atom is -0.378 e. The molecule has 0 bridgehead atoms. The standard InChI is InChI=1S/C13H17ClN4O3/c1-8(13(20)18-3-5-21-6-4-18)15-12-10(7-19)11(14)16-9(2)17-12/h7-8H,3-6H2,1-2H3,(H,15,16,17). The van der Waals surface area contributed by atoms with Crippen LogP contribution in [0.1, 0.15) is 23.1 Å². The van der Waals surface area contributed by atoms with E-state index in [9.17, 15) is 9.59 Å². The van der Waals surface area contributed by atoms with E-state index in [1.165, 1.54) is 0 Å². The normalized spacial score (nSPS) is 16.4. The van der Waals surface area contributed by atoms with Crippen molar-refractivity contribution in [2.24, 2.45) is 0 Å². The monoisotopic (exact) mass is 312 g/mol. The largest absolute Gasteiger partial charge is 0.378 e. The third-order valence-corrected chi connectivity index (χ3v) is 3.46. The van der Waals surface area contributed by atoms with Gasteiger partial charge in [0.15, 0.2) is 6.29 Å². The molecule has 0 aliphatic carbocycles. The number of nitrogens with zero attached hydrogens (tertiary/aromatic N) is 3. The van der Waals surface area contributed by atoms with Crippen molar-refractivity contribution >= 4 is 29.6 Å². The molecule has 0 saturated carbocycles. The lowest BCUT2D eigenvalue weighted by Crippen LogP contribution is -2.47. The molecule has 2 rings (SSSR count). The van der Waals surface area contributed by atoms with Crippen LogP contribution < -0.4 is 5.32 Å². The molecule has 21 heavy (non-hydrogen) atoms. The van der Waals surface area contributed by atoms with E-state index < -0.39 is 6.04 Å². The highest BCUT2D eigenvalue weighted by Crippen LogP contribution is 2.20. The zero-order valence-corrected chi connectivity index (χ0v) is 12.7. The average molecular weight is 313 g/mol. The van der Waals surface area contributed by atoms with Crippen molar-refractivity contribution < 1.29 is 14.3 Å². The van der Waals surface area contributed by atoms with Crippen LogP contribution in [-0.4, -0.2) is 59.4 Å². The molecule has 1 unspecified atom stereocenters. The molecule has 2 heterocycles. The summed E-state index contributed by atoms with van der Waals surface area (Å²) in [4.78, 5) is 33.2. The number of aldehydes is 1. The Morgan fingerprint density at radius 2 is 2.10 bits per heavy atom. The van der Waals surface area contributed by atoms with E-state index >= 15 is 0 Å². The molecule has 114 valence electrons. The first kappa shape index (κ1) is 15.7. The van der Waals surface area contributed by atoms with Crippen LogP contribution in [0.25, 0.3) is 0 Å². The molecule has 1 N–H and O–H groups in total. The Balaban J connectivity index is 2.13. The second-order valence-electron chi connectivity index (χ2n) is 4.75. The number of morpholine rings is 1. The first-order chi connectivity index (χ1) is 10.0. The topological polar surface area (TPSA) is 84.4 Å². The molecule has 1 saturated heterocycles.